The standard InChI is InChI=1S/C31H18BN3O2/c1-4-12-22-19(9-1)20-10-2-5-13-23(20)34(22)24-14-7-15-25-30(24)33-31-35(25)32-21-11-3-6-16-26(21)36-27-17-8-18-28(37-31)29(27)32/h1-18H. The molecule has 0 atom stereocenters. The van der Waals surface area contributed by atoms with E-state index in [9.17, 15) is 0 Å². The van der Waals surface area contributed by atoms with E-state index in [0.29, 0.717) is 6.01 Å². The summed E-state index contributed by atoms with van der Waals surface area (Å²) in [7, 11) is 0. The number of imidazole rings is 1. The Bertz CT molecular complexity index is 2020. The third-order valence-corrected chi connectivity index (χ3v) is 7.68. The molecule has 9 rings (SSSR count). The molecule has 2 aromatic heterocycles. The summed E-state index contributed by atoms with van der Waals surface area (Å²) in [6.07, 6.45) is 0. The molecule has 0 saturated heterocycles. The van der Waals surface area contributed by atoms with Crippen LogP contribution in [-0.4, -0.2) is 20.9 Å². The summed E-state index contributed by atoms with van der Waals surface area (Å²) in [6, 6.07) is 38.3. The zero-order valence-corrected chi connectivity index (χ0v) is 19.6. The first-order valence-corrected chi connectivity index (χ1v) is 12.4. The second-order valence-electron chi connectivity index (χ2n) is 9.59. The predicted molar refractivity (Wildman–Crippen MR) is 148 cm³/mol. The summed E-state index contributed by atoms with van der Waals surface area (Å²) in [6.45, 7) is -0.0849. The predicted octanol–water partition coefficient (Wildman–Crippen LogP) is 6.00. The highest BCUT2D eigenvalue weighted by atomic mass is 16.5. The van der Waals surface area contributed by atoms with Gasteiger partial charge in [0.1, 0.15) is 22.8 Å². The lowest BCUT2D eigenvalue weighted by atomic mass is 9.48. The van der Waals surface area contributed by atoms with E-state index in [4.69, 9.17) is 14.5 Å². The Kier molecular flexibility index (Phi) is 3.55. The van der Waals surface area contributed by atoms with Gasteiger partial charge in [0.05, 0.1) is 22.2 Å². The highest BCUT2D eigenvalue weighted by Gasteiger charge is 2.42. The van der Waals surface area contributed by atoms with E-state index in [0.717, 1.165) is 55.9 Å². The highest BCUT2D eigenvalue weighted by Crippen LogP contribution is 2.40. The van der Waals surface area contributed by atoms with Crippen molar-refractivity contribution in [2.24, 2.45) is 0 Å². The molecule has 0 spiro atoms. The van der Waals surface area contributed by atoms with Crippen molar-refractivity contribution in [3.63, 3.8) is 0 Å². The van der Waals surface area contributed by atoms with Gasteiger partial charge >= 0.3 is 6.85 Å². The number of rotatable bonds is 1. The van der Waals surface area contributed by atoms with E-state index < -0.39 is 0 Å². The molecule has 5 aromatic carbocycles. The number of hydrogen-bond donors (Lipinski definition) is 0. The van der Waals surface area contributed by atoms with Gasteiger partial charge in [-0.05, 0) is 47.9 Å². The molecule has 0 N–H and O–H groups in total. The molecule has 0 radical (unpaired) electrons. The molecule has 0 saturated carbocycles. The smallest absolute Gasteiger partial charge is 0.344 e. The van der Waals surface area contributed by atoms with Crippen LogP contribution in [0.1, 0.15) is 0 Å². The molecule has 0 unspecified atom stereocenters. The first-order chi connectivity index (χ1) is 18.4. The van der Waals surface area contributed by atoms with Crippen molar-refractivity contribution in [3.8, 4) is 28.9 Å². The van der Waals surface area contributed by atoms with Crippen molar-refractivity contribution in [3.05, 3.63) is 109 Å². The van der Waals surface area contributed by atoms with Crippen LogP contribution in [0.4, 0.5) is 0 Å². The minimum Gasteiger partial charge on any atom is -0.458 e. The summed E-state index contributed by atoms with van der Waals surface area (Å²) < 4.78 is 17.3. The fourth-order valence-electron chi connectivity index (χ4n) is 6.18. The molecule has 2 aliphatic heterocycles. The summed E-state index contributed by atoms with van der Waals surface area (Å²) >= 11 is 0. The zero-order chi connectivity index (χ0) is 24.1. The fraction of sp³-hybridized carbons (Fsp3) is 0. The topological polar surface area (TPSA) is 41.2 Å². The third kappa shape index (κ3) is 2.42. The first-order valence-electron chi connectivity index (χ1n) is 12.4. The Morgan fingerprint density at radius 3 is 2.00 bits per heavy atom. The van der Waals surface area contributed by atoms with Crippen LogP contribution in [0.3, 0.4) is 0 Å². The average Bonchev–Trinajstić information content (AvgIpc) is 3.49. The van der Waals surface area contributed by atoms with Crippen molar-refractivity contribution in [1.29, 1.82) is 0 Å². The number of para-hydroxylation sites is 4. The lowest BCUT2D eigenvalue weighted by Crippen LogP contribution is -2.54. The maximum absolute atomic E-state index is 6.43. The van der Waals surface area contributed by atoms with Crippen LogP contribution in [0.5, 0.6) is 23.3 Å². The van der Waals surface area contributed by atoms with Crippen molar-refractivity contribution in [2.75, 3.05) is 0 Å². The molecule has 172 valence electrons. The monoisotopic (exact) mass is 475 g/mol. The van der Waals surface area contributed by atoms with Crippen LogP contribution in [0.15, 0.2) is 109 Å². The number of aromatic nitrogens is 3. The van der Waals surface area contributed by atoms with E-state index in [2.05, 4.69) is 87.9 Å². The number of nitrogens with zero attached hydrogens (tertiary/aromatic N) is 3. The summed E-state index contributed by atoms with van der Waals surface area (Å²) in [4.78, 5) is 5.13. The van der Waals surface area contributed by atoms with E-state index >= 15 is 0 Å². The van der Waals surface area contributed by atoms with E-state index in [1.807, 2.05) is 30.3 Å². The molecule has 37 heavy (non-hydrogen) atoms. The maximum Gasteiger partial charge on any atom is 0.344 e. The molecule has 7 aromatic rings. The minimum atomic E-state index is -0.0849. The van der Waals surface area contributed by atoms with Gasteiger partial charge in [-0.25, -0.2) is 0 Å². The largest absolute Gasteiger partial charge is 0.458 e. The average molecular weight is 475 g/mol. The van der Waals surface area contributed by atoms with Crippen LogP contribution in [0, 0.1) is 0 Å². The summed E-state index contributed by atoms with van der Waals surface area (Å²) in [5, 5.41) is 2.46. The lowest BCUT2D eigenvalue weighted by Gasteiger charge is -2.32. The van der Waals surface area contributed by atoms with E-state index in [1.165, 1.54) is 10.8 Å². The third-order valence-electron chi connectivity index (χ3n) is 7.68. The van der Waals surface area contributed by atoms with Gasteiger partial charge in [-0.2, -0.15) is 4.98 Å². The van der Waals surface area contributed by atoms with Gasteiger partial charge in [-0.3, -0.25) is 0 Å². The minimum absolute atomic E-state index is 0.0849. The van der Waals surface area contributed by atoms with Crippen molar-refractivity contribution in [2.45, 2.75) is 0 Å². The number of benzene rings is 5. The highest BCUT2D eigenvalue weighted by molar-refractivity contribution is 6.87. The van der Waals surface area contributed by atoms with E-state index in [-0.39, 0.29) is 6.85 Å². The SMILES string of the molecule is c1ccc2c(c1)Oc1cccc3c1B2n1c(nc2c(-n4c5ccccc5c5ccccc54)cccc21)O3. The Morgan fingerprint density at radius 1 is 0.568 bits per heavy atom. The van der Waals surface area contributed by atoms with E-state index in [1.54, 1.807) is 0 Å². The van der Waals surface area contributed by atoms with Gasteiger partial charge in [0.25, 0.3) is 6.01 Å². The molecule has 0 amide bonds. The quantitative estimate of drug-likeness (QED) is 0.274. The Labute approximate surface area is 212 Å². The number of hydrogen-bond acceptors (Lipinski definition) is 3. The molecular formula is C31H18BN3O2. The second kappa shape index (κ2) is 6.83. The molecule has 2 aliphatic rings. The van der Waals surface area contributed by atoms with Crippen LogP contribution in [0.25, 0.3) is 38.5 Å². The molecule has 0 bridgehead atoms. The number of fused-ring (bicyclic) bond motifs is 9. The maximum atomic E-state index is 6.43. The molecule has 6 heteroatoms. The Hall–Kier alpha value is -4.97. The molecular weight excluding hydrogens is 457 g/mol. The van der Waals surface area contributed by atoms with Crippen LogP contribution < -0.4 is 20.4 Å². The first kappa shape index (κ1) is 19.3. The van der Waals surface area contributed by atoms with Gasteiger partial charge in [0, 0.05) is 16.2 Å². The van der Waals surface area contributed by atoms with Gasteiger partial charge < -0.3 is 18.5 Å². The van der Waals surface area contributed by atoms with Crippen molar-refractivity contribution in [1.82, 2.24) is 14.0 Å². The summed E-state index contributed by atoms with van der Waals surface area (Å²) in [5.41, 5.74) is 7.42. The van der Waals surface area contributed by atoms with Crippen LogP contribution in [0.2, 0.25) is 0 Å². The zero-order valence-electron chi connectivity index (χ0n) is 19.6. The van der Waals surface area contributed by atoms with Gasteiger partial charge in [0.2, 0.25) is 0 Å². The van der Waals surface area contributed by atoms with Gasteiger partial charge in [0.15, 0.2) is 0 Å². The number of ether oxygens (including phenoxy) is 2. The Morgan fingerprint density at radius 2 is 1.19 bits per heavy atom. The van der Waals surface area contributed by atoms with Crippen LogP contribution in [-0.2, 0) is 0 Å². The van der Waals surface area contributed by atoms with Crippen LogP contribution >= 0.6 is 0 Å². The summed E-state index contributed by atoms with van der Waals surface area (Å²) in [5.74, 6) is 2.48. The molecule has 4 heterocycles. The molecule has 0 fully saturated rings. The van der Waals surface area contributed by atoms with Gasteiger partial charge in [-0.1, -0.05) is 66.7 Å². The molecule has 5 nitrogen and oxygen atoms in total. The fourth-order valence-corrected chi connectivity index (χ4v) is 6.18. The molecule has 0 aliphatic carbocycles. The van der Waals surface area contributed by atoms with Crippen molar-refractivity contribution < 1.29 is 9.47 Å². The van der Waals surface area contributed by atoms with Crippen molar-refractivity contribution >= 4 is 50.6 Å². The lowest BCUT2D eigenvalue weighted by molar-refractivity contribution is 0.429. The normalized spacial score (nSPS) is 13.2. The van der Waals surface area contributed by atoms with Gasteiger partial charge in [-0.15, -0.1) is 0 Å². The Balaban J connectivity index is 1.38. The second-order valence-corrected chi connectivity index (χ2v) is 9.59.